The third-order valence-electron chi connectivity index (χ3n) is 3.83. The van der Waals surface area contributed by atoms with Crippen LogP contribution in [0.1, 0.15) is 35.1 Å². The van der Waals surface area contributed by atoms with Gasteiger partial charge in [0.15, 0.2) is 5.82 Å². The van der Waals surface area contributed by atoms with Gasteiger partial charge in [-0.15, -0.1) is 0 Å². The molecule has 27 heavy (non-hydrogen) atoms. The maximum Gasteiger partial charge on any atom is 0.335 e. The number of hydrogen-bond donors (Lipinski definition) is 2. The highest BCUT2D eigenvalue weighted by Gasteiger charge is 2.10. The Morgan fingerprint density at radius 3 is 2.67 bits per heavy atom. The number of benzene rings is 2. The Morgan fingerprint density at radius 2 is 2.00 bits per heavy atom. The molecule has 3 rings (SSSR count). The second kappa shape index (κ2) is 8.05. The van der Waals surface area contributed by atoms with E-state index in [0.29, 0.717) is 12.0 Å². The van der Waals surface area contributed by atoms with Crippen molar-refractivity contribution < 1.29 is 14.6 Å². The van der Waals surface area contributed by atoms with Gasteiger partial charge in [-0.25, -0.2) is 9.78 Å². The van der Waals surface area contributed by atoms with E-state index in [9.17, 15) is 9.59 Å². The molecule has 0 bridgehead atoms. The van der Waals surface area contributed by atoms with Crippen LogP contribution < -0.4 is 10.3 Å². The minimum Gasteiger partial charge on any atom is -0.494 e. The predicted octanol–water partition coefficient (Wildman–Crippen LogP) is 4.15. The average molecular weight is 385 g/mol. The van der Waals surface area contributed by atoms with E-state index in [2.05, 4.69) is 9.97 Å². The van der Waals surface area contributed by atoms with Gasteiger partial charge in [0.05, 0.1) is 28.1 Å². The number of carboxylic acids is 1. The maximum absolute atomic E-state index is 12.2. The van der Waals surface area contributed by atoms with Crippen LogP contribution in [0.4, 0.5) is 0 Å². The molecule has 0 saturated heterocycles. The molecule has 0 aliphatic heterocycles. The summed E-state index contributed by atoms with van der Waals surface area (Å²) in [6.45, 7) is 2.68. The highest BCUT2D eigenvalue weighted by atomic mass is 35.5. The molecule has 2 N–H and O–H groups in total. The van der Waals surface area contributed by atoms with Crippen LogP contribution in [-0.4, -0.2) is 27.7 Å². The molecule has 0 spiro atoms. The van der Waals surface area contributed by atoms with Crippen LogP contribution in [0, 0.1) is 0 Å². The van der Waals surface area contributed by atoms with Crippen LogP contribution in [-0.2, 0) is 0 Å². The lowest BCUT2D eigenvalue weighted by Crippen LogP contribution is -2.11. The number of carboxylic acid groups (broad SMARTS) is 1. The molecule has 6 nitrogen and oxygen atoms in total. The van der Waals surface area contributed by atoms with Gasteiger partial charge in [0, 0.05) is 0 Å². The molecule has 0 radical (unpaired) electrons. The van der Waals surface area contributed by atoms with Crippen molar-refractivity contribution in [2.45, 2.75) is 13.3 Å². The third kappa shape index (κ3) is 4.35. The van der Waals surface area contributed by atoms with Crippen molar-refractivity contribution >= 4 is 39.6 Å². The van der Waals surface area contributed by atoms with Crippen molar-refractivity contribution in [3.63, 3.8) is 0 Å². The first-order valence-corrected chi connectivity index (χ1v) is 8.73. The SMILES string of the molecule is CCCOc1ccc(C=C(Cl)c2nc3cc(C(=O)O)ccc3c(=O)[nH]2)cc1. The zero-order valence-electron chi connectivity index (χ0n) is 14.5. The number of halogens is 1. The van der Waals surface area contributed by atoms with Crippen molar-refractivity contribution in [2.75, 3.05) is 6.61 Å². The summed E-state index contributed by atoms with van der Waals surface area (Å²) in [5.41, 5.74) is 0.741. The van der Waals surface area contributed by atoms with Crippen molar-refractivity contribution in [3.05, 3.63) is 69.8 Å². The molecule has 0 fully saturated rings. The van der Waals surface area contributed by atoms with Gasteiger partial charge >= 0.3 is 5.97 Å². The number of H-pyrrole nitrogens is 1. The van der Waals surface area contributed by atoms with Crippen LogP contribution >= 0.6 is 11.6 Å². The summed E-state index contributed by atoms with van der Waals surface area (Å²) in [6.07, 6.45) is 2.59. The summed E-state index contributed by atoms with van der Waals surface area (Å²) < 4.78 is 5.53. The van der Waals surface area contributed by atoms with E-state index in [4.69, 9.17) is 21.4 Å². The molecule has 1 aromatic heterocycles. The van der Waals surface area contributed by atoms with E-state index in [0.717, 1.165) is 17.7 Å². The number of carbonyl (C=O) groups is 1. The lowest BCUT2D eigenvalue weighted by Gasteiger charge is -2.05. The van der Waals surface area contributed by atoms with Gasteiger partial charge in [-0.3, -0.25) is 4.79 Å². The van der Waals surface area contributed by atoms with E-state index in [1.807, 2.05) is 31.2 Å². The fraction of sp³-hybridized carbons (Fsp3) is 0.150. The van der Waals surface area contributed by atoms with E-state index in [1.165, 1.54) is 18.2 Å². The number of fused-ring (bicyclic) bond motifs is 1. The average Bonchev–Trinajstić information content (AvgIpc) is 2.66. The zero-order chi connectivity index (χ0) is 19.4. The fourth-order valence-corrected chi connectivity index (χ4v) is 2.70. The molecule has 1 heterocycles. The summed E-state index contributed by atoms with van der Waals surface area (Å²) in [6, 6.07) is 11.5. The van der Waals surface area contributed by atoms with E-state index < -0.39 is 5.97 Å². The quantitative estimate of drug-likeness (QED) is 0.666. The predicted molar refractivity (Wildman–Crippen MR) is 105 cm³/mol. The first kappa shape index (κ1) is 18.7. The molecule has 0 atom stereocenters. The molecule has 2 aromatic carbocycles. The van der Waals surface area contributed by atoms with Gasteiger partial charge in [-0.2, -0.15) is 0 Å². The number of nitrogens with zero attached hydrogens (tertiary/aromatic N) is 1. The van der Waals surface area contributed by atoms with Crippen molar-refractivity contribution in [1.29, 1.82) is 0 Å². The molecule has 0 aliphatic rings. The van der Waals surface area contributed by atoms with Gasteiger partial charge in [-0.1, -0.05) is 30.7 Å². The Bertz CT molecular complexity index is 1070. The molecular formula is C20H17ClN2O4. The van der Waals surface area contributed by atoms with E-state index in [1.54, 1.807) is 6.08 Å². The Morgan fingerprint density at radius 1 is 1.26 bits per heavy atom. The number of hydrogen-bond acceptors (Lipinski definition) is 4. The Balaban J connectivity index is 1.94. The van der Waals surface area contributed by atoms with Crippen molar-refractivity contribution in [1.82, 2.24) is 9.97 Å². The van der Waals surface area contributed by atoms with Crippen LogP contribution in [0.5, 0.6) is 5.75 Å². The maximum atomic E-state index is 12.2. The van der Waals surface area contributed by atoms with Gasteiger partial charge in [0.1, 0.15) is 5.75 Å². The number of rotatable bonds is 6. The molecule has 3 aromatic rings. The molecule has 7 heteroatoms. The Labute approximate surface area is 160 Å². The topological polar surface area (TPSA) is 92.3 Å². The zero-order valence-corrected chi connectivity index (χ0v) is 15.3. The highest BCUT2D eigenvalue weighted by molar-refractivity contribution is 6.50. The summed E-state index contributed by atoms with van der Waals surface area (Å²) in [5.74, 6) is -0.154. The second-order valence-electron chi connectivity index (χ2n) is 5.86. The van der Waals surface area contributed by atoms with E-state index >= 15 is 0 Å². The van der Waals surface area contributed by atoms with Gasteiger partial charge in [0.2, 0.25) is 0 Å². The molecule has 138 valence electrons. The second-order valence-corrected chi connectivity index (χ2v) is 6.27. The third-order valence-corrected chi connectivity index (χ3v) is 4.11. The number of nitrogens with one attached hydrogen (secondary N) is 1. The molecule has 0 aliphatic carbocycles. The highest BCUT2D eigenvalue weighted by Crippen LogP contribution is 2.22. The largest absolute Gasteiger partial charge is 0.494 e. The minimum absolute atomic E-state index is 0.0503. The number of aromatic amines is 1. The fourth-order valence-electron chi connectivity index (χ4n) is 2.48. The Kier molecular flexibility index (Phi) is 5.57. The van der Waals surface area contributed by atoms with Crippen LogP contribution in [0.2, 0.25) is 0 Å². The van der Waals surface area contributed by atoms with E-state index in [-0.39, 0.29) is 27.5 Å². The summed E-state index contributed by atoms with van der Waals surface area (Å²) in [4.78, 5) is 30.3. The number of aromatic carboxylic acids is 1. The van der Waals surface area contributed by atoms with Crippen LogP contribution in [0.15, 0.2) is 47.3 Å². The standard InChI is InChI=1S/C20H17ClN2O4/c1-2-9-27-14-6-3-12(4-7-14)10-16(21)18-22-17-11-13(20(25)26)5-8-15(17)19(24)23-18/h3-8,10-11H,2,9H2,1H3,(H,25,26)(H,22,23,24). The lowest BCUT2D eigenvalue weighted by molar-refractivity contribution is 0.0697. The first-order valence-electron chi connectivity index (χ1n) is 8.35. The van der Waals surface area contributed by atoms with Crippen LogP contribution in [0.3, 0.4) is 0 Å². The van der Waals surface area contributed by atoms with Crippen LogP contribution in [0.25, 0.3) is 22.0 Å². The monoisotopic (exact) mass is 384 g/mol. The first-order chi connectivity index (χ1) is 13.0. The van der Waals surface area contributed by atoms with Gasteiger partial charge in [-0.05, 0) is 48.4 Å². The summed E-state index contributed by atoms with van der Waals surface area (Å²) >= 11 is 6.32. The molecule has 0 amide bonds. The van der Waals surface area contributed by atoms with Gasteiger partial charge in [0.25, 0.3) is 5.56 Å². The normalized spacial score (nSPS) is 11.6. The summed E-state index contributed by atoms with van der Waals surface area (Å²) in [5, 5.41) is 9.63. The molecule has 0 unspecified atom stereocenters. The van der Waals surface area contributed by atoms with Crippen molar-refractivity contribution in [2.24, 2.45) is 0 Å². The Hall–Kier alpha value is -3.12. The van der Waals surface area contributed by atoms with Gasteiger partial charge < -0.3 is 14.8 Å². The lowest BCUT2D eigenvalue weighted by atomic mass is 10.1. The smallest absolute Gasteiger partial charge is 0.335 e. The number of ether oxygens (including phenoxy) is 1. The minimum atomic E-state index is -1.09. The van der Waals surface area contributed by atoms with Crippen molar-refractivity contribution in [3.8, 4) is 5.75 Å². The molecular weight excluding hydrogens is 368 g/mol. The number of aromatic nitrogens is 2. The molecule has 0 saturated carbocycles. The summed E-state index contributed by atoms with van der Waals surface area (Å²) in [7, 11) is 0.